The van der Waals surface area contributed by atoms with Gasteiger partial charge in [-0.3, -0.25) is 4.90 Å². The highest BCUT2D eigenvalue weighted by Gasteiger charge is 2.07. The normalized spacial score (nSPS) is 22.3. The molecular weight excluding hydrogens is 118 g/mol. The van der Waals surface area contributed by atoms with Crippen LogP contribution in [-0.2, 0) is 4.74 Å². The molecular formula is C6H12NO2. The average Bonchev–Trinajstić information content (AvgIpc) is 1.91. The predicted molar refractivity (Wildman–Crippen MR) is 33.5 cm³/mol. The van der Waals surface area contributed by atoms with Crippen molar-refractivity contribution in [1.82, 2.24) is 4.90 Å². The summed E-state index contributed by atoms with van der Waals surface area (Å²) in [5, 5.41) is 8.41. The molecule has 0 spiro atoms. The van der Waals surface area contributed by atoms with Crippen LogP contribution in [0.15, 0.2) is 0 Å². The smallest absolute Gasteiger partial charge is 0.0938 e. The van der Waals surface area contributed by atoms with E-state index in [-0.39, 0.29) is 0 Å². The van der Waals surface area contributed by atoms with Crippen molar-refractivity contribution in [2.24, 2.45) is 0 Å². The first-order valence-corrected chi connectivity index (χ1v) is 3.19. The molecule has 0 aromatic carbocycles. The summed E-state index contributed by atoms with van der Waals surface area (Å²) in [6, 6.07) is 0. The van der Waals surface area contributed by atoms with Gasteiger partial charge in [0.1, 0.15) is 0 Å². The summed E-state index contributed by atoms with van der Waals surface area (Å²) in [5.41, 5.74) is 0. The van der Waals surface area contributed by atoms with Gasteiger partial charge in [-0.05, 0) is 0 Å². The largest absolute Gasteiger partial charge is 0.389 e. The van der Waals surface area contributed by atoms with E-state index in [9.17, 15) is 0 Å². The van der Waals surface area contributed by atoms with E-state index >= 15 is 0 Å². The molecule has 1 fully saturated rings. The minimum atomic E-state index is 0.670. The second kappa shape index (κ2) is 3.82. The van der Waals surface area contributed by atoms with Gasteiger partial charge in [-0.1, -0.05) is 0 Å². The summed E-state index contributed by atoms with van der Waals surface area (Å²) >= 11 is 0. The monoisotopic (exact) mass is 130 g/mol. The van der Waals surface area contributed by atoms with Gasteiger partial charge in [0.05, 0.1) is 19.8 Å². The molecule has 1 saturated heterocycles. The molecule has 0 atom stereocenters. The van der Waals surface area contributed by atoms with Gasteiger partial charge in [0, 0.05) is 19.6 Å². The van der Waals surface area contributed by atoms with Crippen molar-refractivity contribution in [3.63, 3.8) is 0 Å². The summed E-state index contributed by atoms with van der Waals surface area (Å²) < 4.78 is 5.11. The number of aliphatic hydroxyl groups is 1. The topological polar surface area (TPSA) is 32.7 Å². The number of nitrogens with zero attached hydrogens (tertiary/aromatic N) is 1. The summed E-state index contributed by atoms with van der Waals surface area (Å²) in [7, 11) is 0. The van der Waals surface area contributed by atoms with Crippen LogP contribution in [0.3, 0.4) is 0 Å². The van der Waals surface area contributed by atoms with Crippen molar-refractivity contribution in [3.8, 4) is 0 Å². The first-order valence-electron chi connectivity index (χ1n) is 3.19. The van der Waals surface area contributed by atoms with Crippen LogP contribution < -0.4 is 0 Å². The Hall–Kier alpha value is -0.120. The third kappa shape index (κ3) is 2.30. The number of hydrogen-bond donors (Lipinski definition) is 1. The Morgan fingerprint density at radius 1 is 1.44 bits per heavy atom. The standard InChI is InChI=1S/C6H12NO2/c8-4-1-7-2-5-9-6-3-7/h4,8H,1-3,5-6H2. The average molecular weight is 130 g/mol. The molecule has 0 unspecified atom stereocenters. The van der Waals surface area contributed by atoms with E-state index in [0.29, 0.717) is 6.54 Å². The van der Waals surface area contributed by atoms with Gasteiger partial charge >= 0.3 is 0 Å². The van der Waals surface area contributed by atoms with Crippen molar-refractivity contribution >= 4 is 0 Å². The fourth-order valence-corrected chi connectivity index (χ4v) is 0.899. The molecule has 0 saturated carbocycles. The molecule has 1 rings (SSSR count). The van der Waals surface area contributed by atoms with Gasteiger partial charge in [0.15, 0.2) is 0 Å². The lowest BCUT2D eigenvalue weighted by atomic mass is 10.4. The number of aliphatic hydroxyl groups excluding tert-OH is 1. The summed E-state index contributed by atoms with van der Waals surface area (Å²) in [5.74, 6) is 0. The van der Waals surface area contributed by atoms with E-state index in [1.165, 1.54) is 6.61 Å². The molecule has 3 heteroatoms. The highest BCUT2D eigenvalue weighted by Crippen LogP contribution is 1.95. The molecule has 53 valence electrons. The Bertz CT molecular complexity index is 68.7. The third-order valence-corrected chi connectivity index (χ3v) is 1.44. The Morgan fingerprint density at radius 3 is 2.67 bits per heavy atom. The number of ether oxygens (including phenoxy) is 1. The van der Waals surface area contributed by atoms with Gasteiger partial charge in [-0.2, -0.15) is 0 Å². The van der Waals surface area contributed by atoms with E-state index in [2.05, 4.69) is 4.90 Å². The van der Waals surface area contributed by atoms with E-state index in [1.807, 2.05) is 0 Å². The van der Waals surface area contributed by atoms with Gasteiger partial charge in [-0.25, -0.2) is 0 Å². The van der Waals surface area contributed by atoms with Crippen LogP contribution in [0.1, 0.15) is 0 Å². The van der Waals surface area contributed by atoms with Crippen molar-refractivity contribution in [2.75, 3.05) is 32.8 Å². The zero-order valence-electron chi connectivity index (χ0n) is 5.42. The molecule has 0 aliphatic carbocycles. The Morgan fingerprint density at radius 2 is 2.11 bits per heavy atom. The number of rotatable bonds is 2. The highest BCUT2D eigenvalue weighted by molar-refractivity contribution is 4.64. The maximum Gasteiger partial charge on any atom is 0.0938 e. The van der Waals surface area contributed by atoms with Crippen molar-refractivity contribution < 1.29 is 9.84 Å². The number of hydrogen-bond acceptors (Lipinski definition) is 3. The maximum absolute atomic E-state index is 8.41. The molecule has 1 radical (unpaired) electrons. The van der Waals surface area contributed by atoms with Gasteiger partial charge in [0.2, 0.25) is 0 Å². The highest BCUT2D eigenvalue weighted by atomic mass is 16.5. The SMILES string of the molecule is O[CH]CN1CCOCC1. The molecule has 9 heavy (non-hydrogen) atoms. The number of morpholine rings is 1. The van der Waals surface area contributed by atoms with Crippen LogP contribution in [-0.4, -0.2) is 42.9 Å². The molecule has 1 aliphatic heterocycles. The summed E-state index contributed by atoms with van der Waals surface area (Å²) in [4.78, 5) is 2.14. The first kappa shape index (κ1) is 6.99. The van der Waals surface area contributed by atoms with Crippen LogP contribution in [0, 0.1) is 6.61 Å². The van der Waals surface area contributed by atoms with Crippen LogP contribution in [0.2, 0.25) is 0 Å². The van der Waals surface area contributed by atoms with E-state index in [0.717, 1.165) is 26.3 Å². The molecule has 1 aliphatic rings. The van der Waals surface area contributed by atoms with E-state index < -0.39 is 0 Å². The fourth-order valence-electron chi connectivity index (χ4n) is 0.899. The van der Waals surface area contributed by atoms with Crippen LogP contribution in [0.5, 0.6) is 0 Å². The zero-order chi connectivity index (χ0) is 6.53. The van der Waals surface area contributed by atoms with Crippen LogP contribution in [0.4, 0.5) is 0 Å². The quantitative estimate of drug-likeness (QED) is 0.564. The van der Waals surface area contributed by atoms with Gasteiger partial charge < -0.3 is 9.84 Å². The minimum absolute atomic E-state index is 0.670. The van der Waals surface area contributed by atoms with Crippen molar-refractivity contribution in [2.45, 2.75) is 0 Å². The third-order valence-electron chi connectivity index (χ3n) is 1.44. The predicted octanol–water partition coefficient (Wildman–Crippen LogP) is -0.147. The van der Waals surface area contributed by atoms with Gasteiger partial charge in [-0.15, -0.1) is 0 Å². The Balaban J connectivity index is 2.08. The minimum Gasteiger partial charge on any atom is -0.389 e. The molecule has 0 aromatic heterocycles. The van der Waals surface area contributed by atoms with E-state index in [1.54, 1.807) is 0 Å². The summed E-state index contributed by atoms with van der Waals surface area (Å²) in [6.45, 7) is 5.34. The van der Waals surface area contributed by atoms with Gasteiger partial charge in [0.25, 0.3) is 0 Å². The van der Waals surface area contributed by atoms with Crippen molar-refractivity contribution in [3.05, 3.63) is 6.61 Å². The Kier molecular flexibility index (Phi) is 2.97. The van der Waals surface area contributed by atoms with E-state index in [4.69, 9.17) is 9.84 Å². The van der Waals surface area contributed by atoms with Crippen LogP contribution in [0.25, 0.3) is 0 Å². The van der Waals surface area contributed by atoms with Crippen LogP contribution >= 0.6 is 0 Å². The molecule has 0 aromatic rings. The molecule has 1 heterocycles. The lowest BCUT2D eigenvalue weighted by Crippen LogP contribution is -2.36. The molecule has 3 nitrogen and oxygen atoms in total. The zero-order valence-corrected chi connectivity index (χ0v) is 5.42. The first-order chi connectivity index (χ1) is 4.43. The molecule has 0 bridgehead atoms. The Labute approximate surface area is 55.2 Å². The second-order valence-electron chi connectivity index (χ2n) is 2.10. The second-order valence-corrected chi connectivity index (χ2v) is 2.10. The lowest BCUT2D eigenvalue weighted by Gasteiger charge is -2.25. The lowest BCUT2D eigenvalue weighted by molar-refractivity contribution is 0.0370. The van der Waals surface area contributed by atoms with Crippen molar-refractivity contribution in [1.29, 1.82) is 0 Å². The molecule has 0 amide bonds. The summed E-state index contributed by atoms with van der Waals surface area (Å²) in [6.07, 6.45) is 0. The maximum atomic E-state index is 8.41. The fraction of sp³-hybridized carbons (Fsp3) is 0.833. The molecule has 1 N–H and O–H groups in total.